The molecule has 1 fully saturated rings. The summed E-state index contributed by atoms with van der Waals surface area (Å²) in [4.78, 5) is 29.9. The van der Waals surface area contributed by atoms with Gasteiger partial charge in [-0.25, -0.2) is 19.2 Å². The number of piperazine rings is 1. The second kappa shape index (κ2) is 10.8. The Morgan fingerprint density at radius 1 is 1.05 bits per heavy atom. The Hall–Kier alpha value is -3.41. The van der Waals surface area contributed by atoms with Crippen LogP contribution in [-0.4, -0.2) is 65.3 Å². The Labute approximate surface area is 221 Å². The third kappa shape index (κ3) is 5.54. The normalized spacial score (nSPS) is 17.8. The van der Waals surface area contributed by atoms with Gasteiger partial charge in [-0.3, -0.25) is 4.98 Å². The number of halogens is 5. The van der Waals surface area contributed by atoms with Gasteiger partial charge in [0.2, 0.25) is 5.28 Å². The van der Waals surface area contributed by atoms with Crippen molar-refractivity contribution in [3.63, 3.8) is 0 Å². The minimum Gasteiger partial charge on any atom is -0.445 e. The van der Waals surface area contributed by atoms with Crippen LogP contribution in [0.15, 0.2) is 36.2 Å². The number of carbonyl (C=O) groups excluding carboxylic acids is 1. The van der Waals surface area contributed by atoms with Crippen molar-refractivity contribution >= 4 is 29.2 Å². The maximum atomic E-state index is 14.1. The molecule has 0 bridgehead atoms. The van der Waals surface area contributed by atoms with Gasteiger partial charge in [-0.1, -0.05) is 18.2 Å². The van der Waals surface area contributed by atoms with Gasteiger partial charge in [0.15, 0.2) is 5.82 Å². The summed E-state index contributed by atoms with van der Waals surface area (Å²) in [5.41, 5.74) is 0.534. The summed E-state index contributed by atoms with van der Waals surface area (Å²) in [7, 11) is 0. The van der Waals surface area contributed by atoms with Crippen molar-refractivity contribution in [3.05, 3.63) is 64.1 Å². The van der Waals surface area contributed by atoms with E-state index < -0.39 is 17.6 Å². The molecule has 13 heteroatoms. The van der Waals surface area contributed by atoms with Gasteiger partial charge in [0.05, 0.1) is 30.3 Å². The number of allylic oxidation sites excluding steroid dienone is 2. The Morgan fingerprint density at radius 2 is 1.84 bits per heavy atom. The molecule has 4 heterocycles. The van der Waals surface area contributed by atoms with E-state index in [1.165, 1.54) is 4.90 Å². The van der Waals surface area contributed by atoms with E-state index in [0.717, 1.165) is 30.2 Å². The van der Waals surface area contributed by atoms with Crippen LogP contribution < -0.4 is 9.80 Å². The first-order chi connectivity index (χ1) is 18.2. The number of ether oxygens (including phenoxy) is 1. The van der Waals surface area contributed by atoms with Gasteiger partial charge in [-0.2, -0.15) is 13.2 Å². The molecule has 3 aliphatic rings. The molecule has 5 rings (SSSR count). The number of nitrogens with zero attached hydrogens (tertiary/aromatic N) is 6. The predicted molar refractivity (Wildman–Crippen MR) is 133 cm³/mol. The number of anilines is 2. The number of fused-ring (bicyclic) bond motifs is 1. The molecule has 0 spiro atoms. The molecule has 0 saturated carbocycles. The van der Waals surface area contributed by atoms with Crippen LogP contribution in [0, 0.1) is 5.82 Å². The molecule has 0 N–H and O–H groups in total. The molecule has 8 nitrogen and oxygen atoms in total. The zero-order chi connectivity index (χ0) is 26.9. The van der Waals surface area contributed by atoms with Crippen LogP contribution in [0.5, 0.6) is 0 Å². The fourth-order valence-corrected chi connectivity index (χ4v) is 5.09. The van der Waals surface area contributed by atoms with Crippen LogP contribution in [0.4, 0.5) is 33.9 Å². The zero-order valence-corrected chi connectivity index (χ0v) is 21.1. The average molecular weight is 553 g/mol. The lowest BCUT2D eigenvalue weighted by molar-refractivity contribution is -0.139. The smallest absolute Gasteiger partial charge is 0.421 e. The van der Waals surface area contributed by atoms with Crippen molar-refractivity contribution in [3.8, 4) is 0 Å². The number of aromatic nitrogens is 3. The monoisotopic (exact) mass is 552 g/mol. The quantitative estimate of drug-likeness (QED) is 0.399. The largest absolute Gasteiger partial charge is 0.445 e. The van der Waals surface area contributed by atoms with Gasteiger partial charge in [-0.05, 0) is 36.4 Å². The minimum atomic E-state index is -4.87. The minimum absolute atomic E-state index is 0.00459. The molecule has 1 aliphatic carbocycles. The third-order valence-electron chi connectivity index (χ3n) is 6.79. The molecule has 38 heavy (non-hydrogen) atoms. The molecule has 0 radical (unpaired) electrons. The first-order valence-corrected chi connectivity index (χ1v) is 12.6. The molecule has 2 aliphatic heterocycles. The van der Waals surface area contributed by atoms with Crippen LogP contribution in [-0.2, 0) is 23.9 Å². The van der Waals surface area contributed by atoms with Gasteiger partial charge in [-0.15, -0.1) is 0 Å². The maximum absolute atomic E-state index is 14.1. The van der Waals surface area contributed by atoms with Crippen molar-refractivity contribution in [2.75, 3.05) is 49.1 Å². The highest BCUT2D eigenvalue weighted by molar-refractivity contribution is 6.28. The topological polar surface area (TPSA) is 74.7 Å². The van der Waals surface area contributed by atoms with Crippen LogP contribution in [0.25, 0.3) is 0 Å². The van der Waals surface area contributed by atoms with E-state index in [9.17, 15) is 22.4 Å². The summed E-state index contributed by atoms with van der Waals surface area (Å²) in [5.74, 6) is -0.830. The van der Waals surface area contributed by atoms with Crippen molar-refractivity contribution < 1.29 is 27.1 Å². The van der Waals surface area contributed by atoms with Gasteiger partial charge >= 0.3 is 12.3 Å². The molecule has 0 unspecified atom stereocenters. The van der Waals surface area contributed by atoms with Crippen LogP contribution in [0.2, 0.25) is 5.28 Å². The van der Waals surface area contributed by atoms with Gasteiger partial charge in [0, 0.05) is 38.3 Å². The lowest BCUT2D eigenvalue weighted by Gasteiger charge is -2.38. The van der Waals surface area contributed by atoms with E-state index in [2.05, 4.69) is 27.1 Å². The average Bonchev–Trinajstić information content (AvgIpc) is 2.90. The summed E-state index contributed by atoms with van der Waals surface area (Å²) in [6, 6.07) is 0. The summed E-state index contributed by atoms with van der Waals surface area (Å²) in [6.07, 6.45) is 4.66. The highest BCUT2D eigenvalue weighted by Crippen LogP contribution is 2.40. The lowest BCUT2D eigenvalue weighted by atomic mass is 10.0. The van der Waals surface area contributed by atoms with Crippen molar-refractivity contribution in [1.29, 1.82) is 0 Å². The van der Waals surface area contributed by atoms with Crippen molar-refractivity contribution in [2.24, 2.45) is 0 Å². The SMILES string of the molecule is O=C(OCC1=CCCC=C1)N1CCN(c2nc(Cl)nc3c2CCN(c2cncc(F)c2C(F)(F)F)C3)CC1. The Kier molecular flexibility index (Phi) is 7.42. The first kappa shape index (κ1) is 26.2. The van der Waals surface area contributed by atoms with Crippen molar-refractivity contribution in [2.45, 2.75) is 32.0 Å². The number of amides is 1. The fraction of sp³-hybridized carbons (Fsp3) is 0.440. The highest BCUT2D eigenvalue weighted by atomic mass is 35.5. The summed E-state index contributed by atoms with van der Waals surface area (Å²) in [5, 5.41) is -0.0373. The molecule has 0 atom stereocenters. The second-order valence-electron chi connectivity index (χ2n) is 9.21. The Balaban J connectivity index is 1.28. The Bertz CT molecular complexity index is 1280. The summed E-state index contributed by atoms with van der Waals surface area (Å²) >= 11 is 6.20. The maximum Gasteiger partial charge on any atom is 0.421 e. The first-order valence-electron chi connectivity index (χ1n) is 12.2. The summed E-state index contributed by atoms with van der Waals surface area (Å²) in [6.45, 7) is 2.21. The van der Waals surface area contributed by atoms with Gasteiger partial charge < -0.3 is 19.4 Å². The Morgan fingerprint density at radius 3 is 2.55 bits per heavy atom. The zero-order valence-electron chi connectivity index (χ0n) is 20.3. The lowest BCUT2D eigenvalue weighted by Crippen LogP contribution is -2.49. The van der Waals surface area contributed by atoms with Crippen LogP contribution in [0.3, 0.4) is 0 Å². The van der Waals surface area contributed by atoms with Gasteiger partial charge in [0.25, 0.3) is 0 Å². The molecule has 1 saturated heterocycles. The van der Waals surface area contributed by atoms with E-state index in [0.29, 0.717) is 50.3 Å². The molecule has 0 aromatic carbocycles. The van der Waals surface area contributed by atoms with E-state index in [1.54, 1.807) is 4.90 Å². The van der Waals surface area contributed by atoms with E-state index >= 15 is 0 Å². The van der Waals surface area contributed by atoms with Crippen LogP contribution in [0.1, 0.15) is 29.7 Å². The summed E-state index contributed by atoms with van der Waals surface area (Å²) < 4.78 is 60.3. The van der Waals surface area contributed by atoms with Crippen LogP contribution >= 0.6 is 11.6 Å². The predicted octanol–water partition coefficient (Wildman–Crippen LogP) is 4.78. The molecule has 1 amide bonds. The number of carbonyl (C=O) groups is 1. The fourth-order valence-electron chi connectivity index (χ4n) is 4.91. The molecular weight excluding hydrogens is 528 g/mol. The number of rotatable bonds is 4. The number of hydrogen-bond donors (Lipinski definition) is 0. The molecule has 2 aromatic rings. The number of alkyl halides is 3. The van der Waals surface area contributed by atoms with E-state index in [1.807, 2.05) is 11.0 Å². The second-order valence-corrected chi connectivity index (χ2v) is 9.55. The van der Waals surface area contributed by atoms with E-state index in [4.69, 9.17) is 16.3 Å². The van der Waals surface area contributed by atoms with E-state index in [-0.39, 0.29) is 36.8 Å². The molecule has 2 aromatic heterocycles. The van der Waals surface area contributed by atoms with Crippen molar-refractivity contribution in [1.82, 2.24) is 19.9 Å². The highest BCUT2D eigenvalue weighted by Gasteiger charge is 2.39. The third-order valence-corrected chi connectivity index (χ3v) is 6.96. The standard InChI is InChI=1S/C25H25ClF4N6O2/c26-23-32-19-14-36(20-13-31-12-18(27)21(20)25(28,29)30)7-6-17(19)22(33-23)34-8-10-35(11-9-34)24(37)38-15-16-4-2-1-3-5-16/h2,4-5,12-13H,1,3,6-11,14-15H2. The molecular formula is C25H25ClF4N6O2. The number of hydrogen-bond acceptors (Lipinski definition) is 7. The number of pyridine rings is 1. The molecule has 202 valence electrons. The van der Waals surface area contributed by atoms with Gasteiger partial charge in [0.1, 0.15) is 18.0 Å².